The lowest BCUT2D eigenvalue weighted by Gasteiger charge is -2.07. The van der Waals surface area contributed by atoms with Crippen LogP contribution >= 0.6 is 22.7 Å². The molecule has 0 unspecified atom stereocenters. The molecule has 0 aromatic carbocycles. The second-order valence-corrected chi connectivity index (χ2v) is 6.79. The topological polar surface area (TPSA) is 79.8 Å². The van der Waals surface area contributed by atoms with E-state index in [0.717, 1.165) is 26.7 Å². The molecule has 114 valence electrons. The number of carbonyl (C=O) groups excluding carboxylic acids is 1. The summed E-state index contributed by atoms with van der Waals surface area (Å²) < 4.78 is 0. The van der Waals surface area contributed by atoms with Crippen LogP contribution in [0.2, 0.25) is 0 Å². The minimum Gasteiger partial charge on any atom is -0.368 e. The van der Waals surface area contributed by atoms with Crippen molar-refractivity contribution in [3.63, 3.8) is 0 Å². The van der Waals surface area contributed by atoms with E-state index in [1.54, 1.807) is 17.7 Å². The molecule has 0 atom stereocenters. The van der Waals surface area contributed by atoms with Crippen molar-refractivity contribution in [2.75, 3.05) is 18.4 Å². The number of aryl methyl sites for hydroxylation is 2. The van der Waals surface area contributed by atoms with Gasteiger partial charge in [0.2, 0.25) is 0 Å². The van der Waals surface area contributed by atoms with Crippen LogP contribution in [-0.4, -0.2) is 33.9 Å². The van der Waals surface area contributed by atoms with Crippen molar-refractivity contribution < 1.29 is 4.79 Å². The van der Waals surface area contributed by atoms with Gasteiger partial charge in [0.15, 0.2) is 0 Å². The summed E-state index contributed by atoms with van der Waals surface area (Å²) in [5.41, 5.74) is 0.781. The molecule has 0 bridgehead atoms. The van der Waals surface area contributed by atoms with Crippen LogP contribution in [0, 0.1) is 13.8 Å². The van der Waals surface area contributed by atoms with E-state index in [-0.39, 0.29) is 5.91 Å². The molecule has 0 spiro atoms. The first-order valence-electron chi connectivity index (χ1n) is 6.79. The van der Waals surface area contributed by atoms with Crippen molar-refractivity contribution in [3.05, 3.63) is 33.4 Å². The van der Waals surface area contributed by atoms with Crippen LogP contribution in [0.25, 0.3) is 10.2 Å². The maximum Gasteiger partial charge on any atom is 0.263 e. The number of nitrogens with one attached hydrogen (secondary N) is 2. The molecule has 0 aliphatic heterocycles. The number of thiophene rings is 1. The van der Waals surface area contributed by atoms with E-state index in [2.05, 4.69) is 25.6 Å². The summed E-state index contributed by atoms with van der Waals surface area (Å²) in [5, 5.41) is 10.0. The number of carbonyl (C=O) groups is 1. The molecule has 22 heavy (non-hydrogen) atoms. The van der Waals surface area contributed by atoms with E-state index >= 15 is 0 Å². The van der Waals surface area contributed by atoms with E-state index in [0.29, 0.717) is 18.0 Å². The molecule has 0 saturated heterocycles. The van der Waals surface area contributed by atoms with E-state index in [4.69, 9.17) is 0 Å². The highest BCUT2D eigenvalue weighted by atomic mass is 32.1. The van der Waals surface area contributed by atoms with Gasteiger partial charge in [0.25, 0.3) is 5.91 Å². The Morgan fingerprint density at radius 3 is 2.91 bits per heavy atom. The fourth-order valence-corrected chi connectivity index (χ4v) is 3.68. The van der Waals surface area contributed by atoms with Crippen LogP contribution in [0.5, 0.6) is 0 Å². The van der Waals surface area contributed by atoms with Crippen molar-refractivity contribution in [1.29, 1.82) is 0 Å². The quantitative estimate of drug-likeness (QED) is 0.702. The fourth-order valence-electron chi connectivity index (χ4n) is 2.11. The molecular weight excluding hydrogens is 318 g/mol. The summed E-state index contributed by atoms with van der Waals surface area (Å²) in [6.45, 7) is 4.87. The third-order valence-electron chi connectivity index (χ3n) is 3.07. The molecule has 6 nitrogen and oxygen atoms in total. The van der Waals surface area contributed by atoms with Crippen LogP contribution in [0.15, 0.2) is 17.8 Å². The molecule has 3 aromatic heterocycles. The second kappa shape index (κ2) is 6.37. The maximum absolute atomic E-state index is 12.1. The van der Waals surface area contributed by atoms with Gasteiger partial charge in [-0.05, 0) is 25.3 Å². The molecule has 3 aromatic rings. The summed E-state index contributed by atoms with van der Waals surface area (Å²) in [6, 6.07) is 1.99. The highest BCUT2D eigenvalue weighted by molar-refractivity contribution is 7.16. The maximum atomic E-state index is 12.1. The van der Waals surface area contributed by atoms with Crippen LogP contribution < -0.4 is 10.6 Å². The van der Waals surface area contributed by atoms with E-state index < -0.39 is 0 Å². The zero-order valence-corrected chi connectivity index (χ0v) is 13.8. The number of hydrogen-bond acceptors (Lipinski definition) is 7. The Morgan fingerprint density at radius 2 is 2.14 bits per heavy atom. The summed E-state index contributed by atoms with van der Waals surface area (Å²) in [5.74, 6) is 0.721. The van der Waals surface area contributed by atoms with Crippen LogP contribution in [0.4, 0.5) is 5.82 Å². The molecule has 3 rings (SSSR count). The minimum atomic E-state index is -0.0757. The van der Waals surface area contributed by atoms with E-state index in [9.17, 15) is 4.79 Å². The highest BCUT2D eigenvalue weighted by Gasteiger charge is 2.13. The average Bonchev–Trinajstić information content (AvgIpc) is 3.09. The van der Waals surface area contributed by atoms with Gasteiger partial charge in [-0.15, -0.1) is 22.7 Å². The number of anilines is 1. The fraction of sp³-hybridized carbons (Fsp3) is 0.286. The van der Waals surface area contributed by atoms with Gasteiger partial charge in [0.1, 0.15) is 21.9 Å². The molecule has 3 heterocycles. The van der Waals surface area contributed by atoms with Gasteiger partial charge >= 0.3 is 0 Å². The molecular formula is C14H15N5OS2. The smallest absolute Gasteiger partial charge is 0.263 e. The Balaban J connectivity index is 1.54. The van der Waals surface area contributed by atoms with Gasteiger partial charge < -0.3 is 10.6 Å². The molecule has 0 aliphatic rings. The van der Waals surface area contributed by atoms with Crippen LogP contribution in [0.3, 0.4) is 0 Å². The average molecular weight is 333 g/mol. The molecule has 0 radical (unpaired) electrons. The van der Waals surface area contributed by atoms with Gasteiger partial charge in [0, 0.05) is 13.1 Å². The number of thiazole rings is 1. The standard InChI is InChI=1S/C14H15N5OS2/c1-8-11(22-9(2)19-8)13(20)16-5-4-15-12-10-3-6-21-14(10)18-7-17-12/h3,6-7H,4-5H2,1-2H3,(H,16,20)(H,15,17,18). The monoisotopic (exact) mass is 333 g/mol. The number of amides is 1. The third-order valence-corrected chi connectivity index (χ3v) is 4.97. The Hall–Kier alpha value is -2.06. The summed E-state index contributed by atoms with van der Waals surface area (Å²) in [6.07, 6.45) is 1.54. The number of hydrogen-bond donors (Lipinski definition) is 2. The SMILES string of the molecule is Cc1nc(C)c(C(=O)NCCNc2ncnc3sccc23)s1. The Labute approximate surface area is 135 Å². The lowest BCUT2D eigenvalue weighted by atomic mass is 10.3. The van der Waals surface area contributed by atoms with Crippen molar-refractivity contribution in [2.24, 2.45) is 0 Å². The van der Waals surface area contributed by atoms with Gasteiger partial charge in [-0.3, -0.25) is 4.79 Å². The third kappa shape index (κ3) is 3.07. The first-order chi connectivity index (χ1) is 10.6. The Bertz CT molecular complexity index is 811. The molecule has 2 N–H and O–H groups in total. The van der Waals surface area contributed by atoms with Gasteiger partial charge in [0.05, 0.1) is 16.1 Å². The molecule has 0 saturated carbocycles. The lowest BCUT2D eigenvalue weighted by molar-refractivity contribution is 0.0958. The van der Waals surface area contributed by atoms with Gasteiger partial charge in [-0.1, -0.05) is 0 Å². The van der Waals surface area contributed by atoms with Crippen molar-refractivity contribution in [3.8, 4) is 0 Å². The predicted molar refractivity (Wildman–Crippen MR) is 89.8 cm³/mol. The lowest BCUT2D eigenvalue weighted by Crippen LogP contribution is -2.28. The van der Waals surface area contributed by atoms with Crippen LogP contribution in [0.1, 0.15) is 20.4 Å². The first kappa shape index (κ1) is 14.9. The zero-order chi connectivity index (χ0) is 15.5. The number of aromatic nitrogens is 3. The normalized spacial score (nSPS) is 10.8. The van der Waals surface area contributed by atoms with Crippen molar-refractivity contribution in [2.45, 2.75) is 13.8 Å². The summed E-state index contributed by atoms with van der Waals surface area (Å²) in [7, 11) is 0. The summed E-state index contributed by atoms with van der Waals surface area (Å²) in [4.78, 5) is 26.4. The molecule has 8 heteroatoms. The minimum absolute atomic E-state index is 0.0757. The largest absolute Gasteiger partial charge is 0.368 e. The molecule has 0 fully saturated rings. The predicted octanol–water partition coefficient (Wildman–Crippen LogP) is 2.61. The van der Waals surface area contributed by atoms with Gasteiger partial charge in [-0.2, -0.15) is 0 Å². The van der Waals surface area contributed by atoms with Crippen molar-refractivity contribution >= 4 is 44.6 Å². The van der Waals surface area contributed by atoms with Crippen molar-refractivity contribution in [1.82, 2.24) is 20.3 Å². The number of rotatable bonds is 5. The zero-order valence-electron chi connectivity index (χ0n) is 12.2. The van der Waals surface area contributed by atoms with E-state index in [1.807, 2.05) is 25.3 Å². The summed E-state index contributed by atoms with van der Waals surface area (Å²) >= 11 is 3.00. The Morgan fingerprint density at radius 1 is 1.27 bits per heavy atom. The highest BCUT2D eigenvalue weighted by Crippen LogP contribution is 2.23. The Kier molecular flexibility index (Phi) is 4.30. The molecule has 1 amide bonds. The molecule has 0 aliphatic carbocycles. The second-order valence-electron chi connectivity index (χ2n) is 4.69. The van der Waals surface area contributed by atoms with Gasteiger partial charge in [-0.25, -0.2) is 15.0 Å². The number of fused-ring (bicyclic) bond motifs is 1. The first-order valence-corrected chi connectivity index (χ1v) is 8.49. The van der Waals surface area contributed by atoms with E-state index in [1.165, 1.54) is 11.3 Å². The number of nitrogens with zero attached hydrogens (tertiary/aromatic N) is 3. The van der Waals surface area contributed by atoms with Crippen LogP contribution in [-0.2, 0) is 0 Å².